The van der Waals surface area contributed by atoms with Crippen LogP contribution < -0.4 is 5.32 Å². The van der Waals surface area contributed by atoms with Gasteiger partial charge in [-0.2, -0.15) is 0 Å². The fraction of sp³-hybridized carbons (Fsp3) is 0.333. The third-order valence-corrected chi connectivity index (χ3v) is 5.22. The molecule has 5 heteroatoms. The Morgan fingerprint density at radius 2 is 1.91 bits per heavy atom. The summed E-state index contributed by atoms with van der Waals surface area (Å²) in [6.45, 7) is 2.16. The SMILES string of the molecule is CC(NC1CC(c2ccc(Br)cc2)C1)c1nnc2ccccn12. The predicted molar refractivity (Wildman–Crippen MR) is 94.4 cm³/mol. The molecule has 2 heterocycles. The van der Waals surface area contributed by atoms with Crippen LogP contribution in [0.1, 0.15) is 43.1 Å². The summed E-state index contributed by atoms with van der Waals surface area (Å²) in [6.07, 6.45) is 4.39. The lowest BCUT2D eigenvalue weighted by Crippen LogP contribution is -2.41. The van der Waals surface area contributed by atoms with E-state index in [-0.39, 0.29) is 6.04 Å². The van der Waals surface area contributed by atoms with Crippen LogP contribution in [0.25, 0.3) is 5.65 Å². The molecule has 1 aliphatic carbocycles. The van der Waals surface area contributed by atoms with Crippen molar-refractivity contribution in [3.63, 3.8) is 0 Å². The van der Waals surface area contributed by atoms with Crippen LogP contribution in [0.2, 0.25) is 0 Å². The summed E-state index contributed by atoms with van der Waals surface area (Å²) in [4.78, 5) is 0. The van der Waals surface area contributed by atoms with E-state index >= 15 is 0 Å². The number of rotatable bonds is 4. The number of benzene rings is 1. The molecule has 1 N–H and O–H groups in total. The van der Waals surface area contributed by atoms with E-state index in [0.717, 1.165) is 15.9 Å². The van der Waals surface area contributed by atoms with Gasteiger partial charge >= 0.3 is 0 Å². The minimum absolute atomic E-state index is 0.197. The van der Waals surface area contributed by atoms with Crippen molar-refractivity contribution in [3.05, 3.63) is 64.5 Å². The first-order valence-corrected chi connectivity index (χ1v) is 8.81. The summed E-state index contributed by atoms with van der Waals surface area (Å²) >= 11 is 3.49. The molecule has 2 aromatic heterocycles. The Morgan fingerprint density at radius 3 is 2.70 bits per heavy atom. The Balaban J connectivity index is 1.39. The highest BCUT2D eigenvalue weighted by Gasteiger charge is 2.31. The molecule has 0 bridgehead atoms. The van der Waals surface area contributed by atoms with E-state index in [9.17, 15) is 0 Å². The van der Waals surface area contributed by atoms with Crippen molar-refractivity contribution in [1.82, 2.24) is 19.9 Å². The van der Waals surface area contributed by atoms with E-state index in [0.29, 0.717) is 12.0 Å². The number of aromatic nitrogens is 3. The largest absolute Gasteiger partial charge is 0.305 e. The Hall–Kier alpha value is -1.72. The van der Waals surface area contributed by atoms with Gasteiger partial charge in [0, 0.05) is 16.7 Å². The van der Waals surface area contributed by atoms with Gasteiger partial charge in [-0.15, -0.1) is 10.2 Å². The smallest absolute Gasteiger partial charge is 0.160 e. The molecule has 1 aromatic carbocycles. The van der Waals surface area contributed by atoms with Crippen LogP contribution >= 0.6 is 15.9 Å². The van der Waals surface area contributed by atoms with E-state index in [1.165, 1.54) is 18.4 Å². The molecule has 118 valence electrons. The highest BCUT2D eigenvalue weighted by Crippen LogP contribution is 2.38. The first kappa shape index (κ1) is 14.8. The van der Waals surface area contributed by atoms with Crippen molar-refractivity contribution in [2.24, 2.45) is 0 Å². The molecule has 4 nitrogen and oxygen atoms in total. The average molecular weight is 371 g/mol. The quantitative estimate of drug-likeness (QED) is 0.751. The average Bonchev–Trinajstić information content (AvgIpc) is 2.95. The summed E-state index contributed by atoms with van der Waals surface area (Å²) in [5, 5.41) is 12.3. The van der Waals surface area contributed by atoms with Gasteiger partial charge in [0.2, 0.25) is 0 Å². The standard InChI is InChI=1S/C18H19BrN4/c1-12(18-22-21-17-4-2-3-9-23(17)18)20-16-10-14(11-16)13-5-7-15(19)8-6-13/h2-9,12,14,16,20H,10-11H2,1H3. The zero-order valence-electron chi connectivity index (χ0n) is 13.0. The number of hydrogen-bond acceptors (Lipinski definition) is 3. The van der Waals surface area contributed by atoms with Gasteiger partial charge in [-0.1, -0.05) is 34.1 Å². The van der Waals surface area contributed by atoms with Gasteiger partial charge in [0.05, 0.1) is 6.04 Å². The zero-order chi connectivity index (χ0) is 15.8. The molecule has 1 unspecified atom stereocenters. The summed E-state index contributed by atoms with van der Waals surface area (Å²) in [5.74, 6) is 1.65. The fourth-order valence-corrected chi connectivity index (χ4v) is 3.61. The highest BCUT2D eigenvalue weighted by molar-refractivity contribution is 9.10. The number of fused-ring (bicyclic) bond motifs is 1. The lowest BCUT2D eigenvalue weighted by Gasteiger charge is -2.38. The predicted octanol–water partition coefficient (Wildman–Crippen LogP) is 4.09. The van der Waals surface area contributed by atoms with E-state index in [2.05, 4.69) is 67.0 Å². The van der Waals surface area contributed by atoms with Gasteiger partial charge in [0.25, 0.3) is 0 Å². The van der Waals surface area contributed by atoms with Crippen LogP contribution in [0.5, 0.6) is 0 Å². The zero-order valence-corrected chi connectivity index (χ0v) is 14.6. The first-order valence-electron chi connectivity index (χ1n) is 8.02. The normalized spacial score (nSPS) is 22.0. The molecule has 0 radical (unpaired) electrons. The molecule has 1 fully saturated rings. The van der Waals surface area contributed by atoms with E-state index in [1.807, 2.05) is 24.4 Å². The van der Waals surface area contributed by atoms with E-state index in [4.69, 9.17) is 0 Å². The van der Waals surface area contributed by atoms with Gasteiger partial charge in [0.1, 0.15) is 0 Å². The van der Waals surface area contributed by atoms with Gasteiger partial charge in [-0.3, -0.25) is 4.40 Å². The monoisotopic (exact) mass is 370 g/mol. The molecule has 0 spiro atoms. The van der Waals surface area contributed by atoms with Crippen LogP contribution in [-0.2, 0) is 0 Å². The van der Waals surface area contributed by atoms with Gasteiger partial charge in [-0.05, 0) is 55.5 Å². The number of hydrogen-bond donors (Lipinski definition) is 1. The Kier molecular flexibility index (Phi) is 3.91. The third-order valence-electron chi connectivity index (χ3n) is 4.69. The van der Waals surface area contributed by atoms with Crippen molar-refractivity contribution in [1.29, 1.82) is 0 Å². The van der Waals surface area contributed by atoms with Crippen molar-refractivity contribution in [2.45, 2.75) is 37.8 Å². The van der Waals surface area contributed by atoms with Crippen LogP contribution in [0.3, 0.4) is 0 Å². The molecule has 0 saturated heterocycles. The minimum atomic E-state index is 0.197. The maximum absolute atomic E-state index is 4.34. The minimum Gasteiger partial charge on any atom is -0.305 e. The molecular weight excluding hydrogens is 352 g/mol. The Morgan fingerprint density at radius 1 is 1.13 bits per heavy atom. The maximum atomic E-state index is 4.34. The second-order valence-corrected chi connectivity index (χ2v) is 7.21. The van der Waals surface area contributed by atoms with Crippen LogP contribution in [-0.4, -0.2) is 20.6 Å². The second-order valence-electron chi connectivity index (χ2n) is 6.29. The van der Waals surface area contributed by atoms with Gasteiger partial charge in [-0.25, -0.2) is 0 Å². The lowest BCUT2D eigenvalue weighted by atomic mass is 9.75. The van der Waals surface area contributed by atoms with Crippen LogP contribution in [0, 0.1) is 0 Å². The molecule has 23 heavy (non-hydrogen) atoms. The number of nitrogens with one attached hydrogen (secondary N) is 1. The number of pyridine rings is 1. The lowest BCUT2D eigenvalue weighted by molar-refractivity contribution is 0.267. The molecule has 3 aromatic rings. The number of halogens is 1. The third kappa shape index (κ3) is 2.91. The molecular formula is C18H19BrN4. The van der Waals surface area contributed by atoms with Crippen molar-refractivity contribution in [2.75, 3.05) is 0 Å². The van der Waals surface area contributed by atoms with Gasteiger partial charge < -0.3 is 5.32 Å². The highest BCUT2D eigenvalue weighted by atomic mass is 79.9. The summed E-state index contributed by atoms with van der Waals surface area (Å²) in [6, 6.07) is 15.4. The van der Waals surface area contributed by atoms with Crippen LogP contribution in [0.4, 0.5) is 0 Å². The van der Waals surface area contributed by atoms with Crippen LogP contribution in [0.15, 0.2) is 53.1 Å². The fourth-order valence-electron chi connectivity index (χ4n) is 3.34. The van der Waals surface area contributed by atoms with Crippen molar-refractivity contribution >= 4 is 21.6 Å². The molecule has 1 atom stereocenters. The number of nitrogens with zero attached hydrogens (tertiary/aromatic N) is 3. The molecule has 4 rings (SSSR count). The van der Waals surface area contributed by atoms with E-state index in [1.54, 1.807) is 0 Å². The Labute approximate surface area is 144 Å². The second kappa shape index (κ2) is 6.06. The molecule has 1 saturated carbocycles. The van der Waals surface area contributed by atoms with Crippen molar-refractivity contribution in [3.8, 4) is 0 Å². The summed E-state index contributed by atoms with van der Waals surface area (Å²) in [5.41, 5.74) is 2.34. The maximum Gasteiger partial charge on any atom is 0.160 e. The molecule has 0 aliphatic heterocycles. The van der Waals surface area contributed by atoms with Crippen molar-refractivity contribution < 1.29 is 0 Å². The summed E-state index contributed by atoms with van der Waals surface area (Å²) in [7, 11) is 0. The van der Waals surface area contributed by atoms with Gasteiger partial charge in [0.15, 0.2) is 11.5 Å². The summed E-state index contributed by atoms with van der Waals surface area (Å²) < 4.78 is 3.20. The first-order chi connectivity index (χ1) is 11.2. The topological polar surface area (TPSA) is 42.2 Å². The molecule has 1 aliphatic rings. The molecule has 0 amide bonds. The Bertz CT molecular complexity index is 805. The van der Waals surface area contributed by atoms with E-state index < -0.39 is 0 Å².